The lowest BCUT2D eigenvalue weighted by Gasteiger charge is -2.09. The molecule has 1 N–H and O–H groups in total. The molecule has 1 atom stereocenters. The summed E-state index contributed by atoms with van der Waals surface area (Å²) in [5, 5.41) is 3.51. The molecule has 1 aliphatic heterocycles. The highest BCUT2D eigenvalue weighted by Crippen LogP contribution is 2.21. The first-order valence-corrected chi connectivity index (χ1v) is 8.86. The minimum Gasteiger partial charge on any atom is -0.356 e. The molecule has 1 aromatic carbocycles. The van der Waals surface area contributed by atoms with Gasteiger partial charge in [0.05, 0.1) is 11.5 Å². The van der Waals surface area contributed by atoms with Crippen LogP contribution in [0.1, 0.15) is 18.4 Å². The Labute approximate surface area is 124 Å². The summed E-state index contributed by atoms with van der Waals surface area (Å²) in [7, 11) is -2.90. The zero-order valence-corrected chi connectivity index (χ0v) is 12.7. The summed E-state index contributed by atoms with van der Waals surface area (Å²) < 4.78 is 22.6. The fraction of sp³-hybridized carbons (Fsp3) is 0.500. The Morgan fingerprint density at radius 2 is 2.20 bits per heavy atom. The standard InChI is InChI=1S/C14H18ClNO3S/c15-13-3-1-2-11(8-13)4-6-16-14(17)9-12-5-7-20(18,19)10-12/h1-3,8,12H,4-7,9-10H2,(H,16,17). The molecule has 0 spiro atoms. The highest BCUT2D eigenvalue weighted by Gasteiger charge is 2.29. The summed E-state index contributed by atoms with van der Waals surface area (Å²) in [6, 6.07) is 7.52. The molecule has 0 radical (unpaired) electrons. The molecule has 1 aliphatic rings. The van der Waals surface area contributed by atoms with E-state index in [9.17, 15) is 13.2 Å². The van der Waals surface area contributed by atoms with Gasteiger partial charge in [-0.25, -0.2) is 8.42 Å². The van der Waals surface area contributed by atoms with Crippen molar-refractivity contribution in [2.45, 2.75) is 19.3 Å². The van der Waals surface area contributed by atoms with Crippen molar-refractivity contribution in [2.75, 3.05) is 18.1 Å². The predicted octanol–water partition coefficient (Wildman–Crippen LogP) is 1.82. The Morgan fingerprint density at radius 1 is 1.40 bits per heavy atom. The lowest BCUT2D eigenvalue weighted by molar-refractivity contribution is -0.121. The van der Waals surface area contributed by atoms with Crippen LogP contribution in [0, 0.1) is 5.92 Å². The second kappa shape index (κ2) is 6.59. The molecule has 0 aliphatic carbocycles. The number of amides is 1. The topological polar surface area (TPSA) is 63.2 Å². The van der Waals surface area contributed by atoms with Gasteiger partial charge in [0.25, 0.3) is 0 Å². The normalized spacial score (nSPS) is 20.8. The lowest BCUT2D eigenvalue weighted by atomic mass is 10.0. The van der Waals surface area contributed by atoms with Gasteiger partial charge in [-0.2, -0.15) is 0 Å². The Bertz CT molecular complexity index is 586. The van der Waals surface area contributed by atoms with Gasteiger partial charge in [0.15, 0.2) is 9.84 Å². The summed E-state index contributed by atoms with van der Waals surface area (Å²) in [4.78, 5) is 11.7. The van der Waals surface area contributed by atoms with E-state index in [2.05, 4.69) is 5.32 Å². The first kappa shape index (κ1) is 15.3. The van der Waals surface area contributed by atoms with Crippen LogP contribution < -0.4 is 5.32 Å². The Balaban J connectivity index is 1.71. The zero-order valence-electron chi connectivity index (χ0n) is 11.1. The van der Waals surface area contributed by atoms with Crippen LogP contribution in [0.25, 0.3) is 0 Å². The smallest absolute Gasteiger partial charge is 0.220 e. The number of benzene rings is 1. The molecular formula is C14H18ClNO3S. The summed E-state index contributed by atoms with van der Waals surface area (Å²) in [5.41, 5.74) is 1.07. The summed E-state index contributed by atoms with van der Waals surface area (Å²) >= 11 is 5.88. The quantitative estimate of drug-likeness (QED) is 0.901. The monoisotopic (exact) mass is 315 g/mol. The van der Waals surface area contributed by atoms with Crippen molar-refractivity contribution in [3.63, 3.8) is 0 Å². The largest absolute Gasteiger partial charge is 0.356 e. The van der Waals surface area contributed by atoms with Crippen LogP contribution in [-0.4, -0.2) is 32.4 Å². The number of carbonyl (C=O) groups excluding carboxylic acids is 1. The molecule has 110 valence electrons. The van der Waals surface area contributed by atoms with Gasteiger partial charge in [0, 0.05) is 18.0 Å². The van der Waals surface area contributed by atoms with Crippen LogP contribution in [0.3, 0.4) is 0 Å². The summed E-state index contributed by atoms with van der Waals surface area (Å²) in [5.74, 6) is 0.266. The predicted molar refractivity (Wildman–Crippen MR) is 79.5 cm³/mol. The van der Waals surface area contributed by atoms with Crippen molar-refractivity contribution in [2.24, 2.45) is 5.92 Å². The van der Waals surface area contributed by atoms with Crippen LogP contribution in [0.4, 0.5) is 0 Å². The number of halogens is 1. The van der Waals surface area contributed by atoms with Gasteiger partial charge in [-0.05, 0) is 36.5 Å². The summed E-state index contributed by atoms with van der Waals surface area (Å²) in [6.07, 6.45) is 1.62. The molecule has 0 aromatic heterocycles. The van der Waals surface area contributed by atoms with E-state index in [-0.39, 0.29) is 23.3 Å². The number of rotatable bonds is 5. The maximum absolute atomic E-state index is 11.7. The molecule has 1 aromatic rings. The molecule has 20 heavy (non-hydrogen) atoms. The zero-order chi connectivity index (χ0) is 14.6. The van der Waals surface area contributed by atoms with Crippen LogP contribution >= 0.6 is 11.6 Å². The maximum atomic E-state index is 11.7. The Kier molecular flexibility index (Phi) is 5.05. The third-order valence-electron chi connectivity index (χ3n) is 3.43. The Morgan fingerprint density at radius 3 is 2.85 bits per heavy atom. The van der Waals surface area contributed by atoms with E-state index in [1.165, 1.54) is 0 Å². The minimum atomic E-state index is -2.90. The van der Waals surface area contributed by atoms with E-state index in [0.717, 1.165) is 12.0 Å². The van der Waals surface area contributed by atoms with E-state index in [4.69, 9.17) is 11.6 Å². The molecule has 6 heteroatoms. The SMILES string of the molecule is O=C(CC1CCS(=O)(=O)C1)NCCc1cccc(Cl)c1. The van der Waals surface area contributed by atoms with Gasteiger partial charge in [-0.3, -0.25) is 4.79 Å². The van der Waals surface area contributed by atoms with E-state index in [1.807, 2.05) is 24.3 Å². The first-order chi connectivity index (χ1) is 9.44. The average Bonchev–Trinajstić information content (AvgIpc) is 2.68. The first-order valence-electron chi connectivity index (χ1n) is 6.66. The molecule has 0 saturated carbocycles. The fourth-order valence-electron chi connectivity index (χ4n) is 2.41. The molecule has 1 heterocycles. The number of sulfone groups is 1. The van der Waals surface area contributed by atoms with Crippen molar-refractivity contribution in [3.05, 3.63) is 34.9 Å². The Hall–Kier alpha value is -1.07. The van der Waals surface area contributed by atoms with Gasteiger partial charge in [0.2, 0.25) is 5.91 Å². The minimum absolute atomic E-state index is 0.0221. The van der Waals surface area contributed by atoms with Gasteiger partial charge < -0.3 is 5.32 Å². The second-order valence-electron chi connectivity index (χ2n) is 5.20. The van der Waals surface area contributed by atoms with Crippen LogP contribution in [-0.2, 0) is 21.1 Å². The molecule has 1 fully saturated rings. The maximum Gasteiger partial charge on any atom is 0.220 e. The number of carbonyl (C=O) groups is 1. The summed E-state index contributed by atoms with van der Waals surface area (Å²) in [6.45, 7) is 0.540. The van der Waals surface area contributed by atoms with E-state index in [1.54, 1.807) is 0 Å². The fourth-order valence-corrected chi connectivity index (χ4v) is 4.48. The lowest BCUT2D eigenvalue weighted by Crippen LogP contribution is -2.27. The molecule has 1 saturated heterocycles. The molecule has 4 nitrogen and oxygen atoms in total. The number of hydrogen-bond acceptors (Lipinski definition) is 3. The van der Waals surface area contributed by atoms with E-state index in [0.29, 0.717) is 24.4 Å². The van der Waals surface area contributed by atoms with Crippen molar-refractivity contribution in [1.29, 1.82) is 0 Å². The van der Waals surface area contributed by atoms with Gasteiger partial charge in [0.1, 0.15) is 0 Å². The van der Waals surface area contributed by atoms with E-state index >= 15 is 0 Å². The second-order valence-corrected chi connectivity index (χ2v) is 7.87. The van der Waals surface area contributed by atoms with Crippen LogP contribution in [0.2, 0.25) is 5.02 Å². The number of hydrogen-bond donors (Lipinski definition) is 1. The molecule has 2 rings (SSSR count). The highest BCUT2D eigenvalue weighted by atomic mass is 35.5. The van der Waals surface area contributed by atoms with Crippen molar-refractivity contribution in [1.82, 2.24) is 5.32 Å². The van der Waals surface area contributed by atoms with Crippen molar-refractivity contribution in [3.8, 4) is 0 Å². The third kappa shape index (κ3) is 4.80. The molecule has 1 amide bonds. The van der Waals surface area contributed by atoms with Crippen LogP contribution in [0.15, 0.2) is 24.3 Å². The molecule has 0 bridgehead atoms. The number of nitrogens with one attached hydrogen (secondary N) is 1. The molecular weight excluding hydrogens is 298 g/mol. The third-order valence-corrected chi connectivity index (χ3v) is 5.50. The molecule has 1 unspecified atom stereocenters. The van der Waals surface area contributed by atoms with Crippen molar-refractivity contribution >= 4 is 27.3 Å². The van der Waals surface area contributed by atoms with Gasteiger partial charge in [-0.1, -0.05) is 23.7 Å². The van der Waals surface area contributed by atoms with Gasteiger partial charge in [-0.15, -0.1) is 0 Å². The van der Waals surface area contributed by atoms with Crippen LogP contribution in [0.5, 0.6) is 0 Å². The van der Waals surface area contributed by atoms with Gasteiger partial charge >= 0.3 is 0 Å². The van der Waals surface area contributed by atoms with Crippen molar-refractivity contribution < 1.29 is 13.2 Å². The van der Waals surface area contributed by atoms with E-state index < -0.39 is 9.84 Å². The average molecular weight is 316 g/mol. The highest BCUT2D eigenvalue weighted by molar-refractivity contribution is 7.91.